The number of hydrogen-bond acceptors (Lipinski definition) is 4. The summed E-state index contributed by atoms with van der Waals surface area (Å²) in [5.74, 6) is 2.31. The van der Waals surface area contributed by atoms with Crippen molar-refractivity contribution in [2.75, 3.05) is 21.3 Å². The van der Waals surface area contributed by atoms with Crippen molar-refractivity contribution in [3.05, 3.63) is 52.6 Å². The minimum Gasteiger partial charge on any atom is -0.496 e. The molecule has 4 nitrogen and oxygen atoms in total. The van der Waals surface area contributed by atoms with E-state index in [4.69, 9.17) is 14.2 Å². The fourth-order valence-electron chi connectivity index (χ4n) is 4.09. The average molecular weight is 415 g/mol. The molecule has 0 saturated heterocycles. The van der Waals surface area contributed by atoms with Gasteiger partial charge in [0.1, 0.15) is 5.75 Å². The molecule has 0 spiro atoms. The quantitative estimate of drug-likeness (QED) is 0.453. The number of aliphatic hydroxyl groups is 1. The van der Waals surface area contributed by atoms with E-state index in [2.05, 4.69) is 32.9 Å². The molecule has 1 aliphatic carbocycles. The Balaban J connectivity index is 2.07. The number of methoxy groups -OCH3 is 3. The van der Waals surface area contributed by atoms with Gasteiger partial charge in [-0.3, -0.25) is 0 Å². The molecule has 1 N–H and O–H groups in total. The Bertz CT molecular complexity index is 784. The van der Waals surface area contributed by atoms with Crippen LogP contribution < -0.4 is 14.2 Å². The second-order valence-electron chi connectivity index (χ2n) is 8.39. The molecule has 0 amide bonds. The van der Waals surface area contributed by atoms with Gasteiger partial charge in [-0.15, -0.1) is 0 Å². The molecule has 2 rings (SSSR count). The molecular weight excluding hydrogens is 376 g/mol. The van der Waals surface area contributed by atoms with Gasteiger partial charge in [-0.05, 0) is 71.3 Å². The molecule has 0 heterocycles. The molecule has 0 aromatic heterocycles. The molecule has 166 valence electrons. The van der Waals surface area contributed by atoms with E-state index in [-0.39, 0.29) is 5.92 Å². The molecule has 0 radical (unpaired) electrons. The number of hydrogen-bond donors (Lipinski definition) is 1. The molecule has 1 aromatic rings. The van der Waals surface area contributed by atoms with Crippen LogP contribution in [0, 0.1) is 0 Å². The smallest absolute Gasteiger partial charge is 0.164 e. The summed E-state index contributed by atoms with van der Waals surface area (Å²) in [5, 5.41) is 10.5. The zero-order valence-electron chi connectivity index (χ0n) is 19.5. The lowest BCUT2D eigenvalue weighted by Crippen LogP contribution is -2.17. The van der Waals surface area contributed by atoms with E-state index in [1.165, 1.54) is 16.7 Å². The molecule has 2 atom stereocenters. The van der Waals surface area contributed by atoms with Gasteiger partial charge in [0.05, 0.1) is 27.4 Å². The van der Waals surface area contributed by atoms with Crippen LogP contribution in [0.4, 0.5) is 0 Å². The van der Waals surface area contributed by atoms with Crippen LogP contribution in [-0.4, -0.2) is 32.5 Å². The Kier molecular flexibility index (Phi) is 9.51. The lowest BCUT2D eigenvalue weighted by molar-refractivity contribution is 0.191. The fraction of sp³-hybridized carbons (Fsp3) is 0.538. The molecule has 4 heteroatoms. The van der Waals surface area contributed by atoms with E-state index in [9.17, 15) is 5.11 Å². The van der Waals surface area contributed by atoms with E-state index in [1.807, 2.05) is 18.2 Å². The van der Waals surface area contributed by atoms with Gasteiger partial charge in [-0.2, -0.15) is 0 Å². The highest BCUT2D eigenvalue weighted by atomic mass is 16.5. The third-order valence-corrected chi connectivity index (χ3v) is 5.69. The lowest BCUT2D eigenvalue weighted by atomic mass is 9.80. The Morgan fingerprint density at radius 2 is 1.63 bits per heavy atom. The van der Waals surface area contributed by atoms with E-state index in [0.29, 0.717) is 17.9 Å². The van der Waals surface area contributed by atoms with E-state index < -0.39 is 6.10 Å². The van der Waals surface area contributed by atoms with Crippen LogP contribution in [0.15, 0.2) is 47.1 Å². The molecule has 0 bridgehead atoms. The van der Waals surface area contributed by atoms with Crippen molar-refractivity contribution >= 4 is 0 Å². The summed E-state index contributed by atoms with van der Waals surface area (Å²) in [7, 11) is 4.93. The number of ether oxygens (including phenoxy) is 3. The molecule has 1 aliphatic rings. The number of rotatable bonds is 10. The molecule has 0 fully saturated rings. The van der Waals surface area contributed by atoms with Crippen LogP contribution in [0.1, 0.15) is 70.8 Å². The summed E-state index contributed by atoms with van der Waals surface area (Å²) in [4.78, 5) is 0. The van der Waals surface area contributed by atoms with Gasteiger partial charge >= 0.3 is 0 Å². The first-order valence-electron chi connectivity index (χ1n) is 10.8. The summed E-state index contributed by atoms with van der Waals surface area (Å²) < 4.78 is 16.5. The van der Waals surface area contributed by atoms with Crippen molar-refractivity contribution in [1.82, 2.24) is 0 Å². The van der Waals surface area contributed by atoms with Gasteiger partial charge in [0.25, 0.3) is 0 Å². The van der Waals surface area contributed by atoms with Crippen molar-refractivity contribution in [3.8, 4) is 17.2 Å². The van der Waals surface area contributed by atoms with Crippen molar-refractivity contribution in [2.45, 2.75) is 71.3 Å². The predicted molar refractivity (Wildman–Crippen MR) is 124 cm³/mol. The van der Waals surface area contributed by atoms with Crippen LogP contribution in [-0.2, 0) is 0 Å². The number of allylic oxidation sites excluding steroid dienone is 5. The molecule has 1 aromatic carbocycles. The minimum absolute atomic E-state index is 0.192. The van der Waals surface area contributed by atoms with Gasteiger partial charge in [0, 0.05) is 11.6 Å². The van der Waals surface area contributed by atoms with Gasteiger partial charge in [0.15, 0.2) is 11.5 Å². The standard InChI is InChI=1S/C26H38O4/c1-18(2)9-7-10-19(3)11-8-12-20-13-21(15-22(27)14-20)23-16-25(29-5)26(30-6)17-24(23)28-4/h9,11,14,16-17,21-22,27H,7-8,10,12-13,15H2,1-6H3/b19-11+/t21-,22+/m0/s1. The topological polar surface area (TPSA) is 47.9 Å². The van der Waals surface area contributed by atoms with Crippen LogP contribution in [0.5, 0.6) is 17.2 Å². The van der Waals surface area contributed by atoms with Crippen LogP contribution in [0.2, 0.25) is 0 Å². The van der Waals surface area contributed by atoms with Crippen molar-refractivity contribution in [2.24, 2.45) is 0 Å². The zero-order chi connectivity index (χ0) is 22.1. The first-order valence-corrected chi connectivity index (χ1v) is 10.8. The molecule has 30 heavy (non-hydrogen) atoms. The predicted octanol–water partition coefficient (Wildman–Crippen LogP) is 6.35. The van der Waals surface area contributed by atoms with Crippen molar-refractivity contribution < 1.29 is 19.3 Å². The number of aliphatic hydroxyl groups excluding tert-OH is 1. The van der Waals surface area contributed by atoms with Gasteiger partial charge in [-0.25, -0.2) is 0 Å². The monoisotopic (exact) mass is 414 g/mol. The van der Waals surface area contributed by atoms with E-state index >= 15 is 0 Å². The highest BCUT2D eigenvalue weighted by Crippen LogP contribution is 2.43. The average Bonchev–Trinajstić information content (AvgIpc) is 2.72. The van der Waals surface area contributed by atoms with E-state index in [1.54, 1.807) is 21.3 Å². The zero-order valence-corrected chi connectivity index (χ0v) is 19.5. The van der Waals surface area contributed by atoms with Crippen LogP contribution in [0.3, 0.4) is 0 Å². The second kappa shape index (κ2) is 11.8. The summed E-state index contributed by atoms with van der Waals surface area (Å²) in [6.45, 7) is 6.49. The van der Waals surface area contributed by atoms with E-state index in [0.717, 1.165) is 43.4 Å². The Morgan fingerprint density at radius 1 is 0.967 bits per heavy atom. The maximum atomic E-state index is 10.5. The second-order valence-corrected chi connectivity index (χ2v) is 8.39. The Morgan fingerprint density at radius 3 is 2.27 bits per heavy atom. The first kappa shape index (κ1) is 24.1. The Hall–Kier alpha value is -2.20. The molecule has 0 unspecified atom stereocenters. The Labute approximate surface area is 182 Å². The van der Waals surface area contributed by atoms with Gasteiger partial charge < -0.3 is 19.3 Å². The lowest BCUT2D eigenvalue weighted by Gasteiger charge is -2.28. The largest absolute Gasteiger partial charge is 0.496 e. The summed E-state index contributed by atoms with van der Waals surface area (Å²) in [5.41, 5.74) is 5.18. The van der Waals surface area contributed by atoms with Crippen molar-refractivity contribution in [1.29, 1.82) is 0 Å². The normalized spacial score (nSPS) is 19.2. The summed E-state index contributed by atoms with van der Waals surface area (Å²) in [6, 6.07) is 3.86. The molecule has 0 aliphatic heterocycles. The SMILES string of the molecule is COc1cc(OC)c([C@H]2CC(CC/C=C(\C)CCC=C(C)C)=C[C@@H](O)C2)cc1OC. The third-order valence-electron chi connectivity index (χ3n) is 5.69. The molecule has 0 saturated carbocycles. The minimum atomic E-state index is -0.431. The highest BCUT2D eigenvalue weighted by molar-refractivity contribution is 5.52. The van der Waals surface area contributed by atoms with Gasteiger partial charge in [0.2, 0.25) is 0 Å². The van der Waals surface area contributed by atoms with Crippen LogP contribution in [0.25, 0.3) is 0 Å². The van der Waals surface area contributed by atoms with Crippen LogP contribution >= 0.6 is 0 Å². The fourth-order valence-corrected chi connectivity index (χ4v) is 4.09. The first-order chi connectivity index (χ1) is 14.4. The maximum absolute atomic E-state index is 10.5. The highest BCUT2D eigenvalue weighted by Gasteiger charge is 2.26. The summed E-state index contributed by atoms with van der Waals surface area (Å²) in [6.07, 6.45) is 12.0. The molecular formula is C26H38O4. The third kappa shape index (κ3) is 6.94. The maximum Gasteiger partial charge on any atom is 0.164 e. The number of benzene rings is 1. The van der Waals surface area contributed by atoms with Gasteiger partial charge in [-0.1, -0.05) is 34.9 Å². The van der Waals surface area contributed by atoms with Crippen molar-refractivity contribution in [3.63, 3.8) is 0 Å². The summed E-state index contributed by atoms with van der Waals surface area (Å²) >= 11 is 0.